The number of hydrazine groups is 1. The molecule has 6 nitrogen and oxygen atoms in total. The lowest BCUT2D eigenvalue weighted by atomic mass is 10.1. The molecule has 0 bridgehead atoms. The number of ether oxygens (including phenoxy) is 2. The van der Waals surface area contributed by atoms with E-state index in [4.69, 9.17) is 21.1 Å². The van der Waals surface area contributed by atoms with Crippen LogP contribution >= 0.6 is 23.4 Å². The van der Waals surface area contributed by atoms with Crippen molar-refractivity contribution in [3.63, 3.8) is 0 Å². The van der Waals surface area contributed by atoms with Crippen molar-refractivity contribution in [2.24, 2.45) is 0 Å². The molecule has 0 heterocycles. The number of nitrogens with one attached hydrogen (secondary N) is 2. The zero-order valence-corrected chi connectivity index (χ0v) is 20.0. The SMILES string of the molecule is COc1cccc(CCC(=O)NNC(=O)c2ccc(CSc3ccc(Cl)cc3)cc2)c1OC. The molecule has 0 saturated carbocycles. The maximum atomic E-state index is 12.3. The van der Waals surface area contributed by atoms with Gasteiger partial charge in [0, 0.05) is 27.7 Å². The number of carbonyl (C=O) groups excluding carboxylic acids is 2. The molecule has 3 rings (SSSR count). The molecule has 0 radical (unpaired) electrons. The van der Waals surface area contributed by atoms with Gasteiger partial charge in [0.25, 0.3) is 5.91 Å². The van der Waals surface area contributed by atoms with Crippen LogP contribution in [0.25, 0.3) is 0 Å². The van der Waals surface area contributed by atoms with Crippen molar-refractivity contribution >= 4 is 35.2 Å². The summed E-state index contributed by atoms with van der Waals surface area (Å²) in [6, 6.07) is 20.4. The van der Waals surface area contributed by atoms with Crippen LogP contribution in [0.1, 0.15) is 27.9 Å². The first-order valence-electron chi connectivity index (χ1n) is 10.3. The first-order valence-corrected chi connectivity index (χ1v) is 11.6. The zero-order valence-electron chi connectivity index (χ0n) is 18.4. The Bertz CT molecular complexity index is 1090. The molecule has 33 heavy (non-hydrogen) atoms. The normalized spacial score (nSPS) is 10.4. The molecule has 172 valence electrons. The molecule has 0 unspecified atom stereocenters. The van der Waals surface area contributed by atoms with E-state index < -0.39 is 0 Å². The van der Waals surface area contributed by atoms with Gasteiger partial charge in [0.1, 0.15) is 0 Å². The van der Waals surface area contributed by atoms with Gasteiger partial charge in [-0.3, -0.25) is 20.4 Å². The number of methoxy groups -OCH3 is 2. The highest BCUT2D eigenvalue weighted by Gasteiger charge is 2.12. The molecule has 0 aromatic heterocycles. The van der Waals surface area contributed by atoms with E-state index in [0.29, 0.717) is 28.5 Å². The van der Waals surface area contributed by atoms with Crippen LogP contribution in [0.5, 0.6) is 11.5 Å². The van der Waals surface area contributed by atoms with Crippen molar-refractivity contribution in [1.82, 2.24) is 10.9 Å². The van der Waals surface area contributed by atoms with E-state index in [1.807, 2.05) is 48.5 Å². The summed E-state index contributed by atoms with van der Waals surface area (Å²) in [6.45, 7) is 0. The summed E-state index contributed by atoms with van der Waals surface area (Å²) in [5.74, 6) is 1.31. The zero-order chi connectivity index (χ0) is 23.6. The summed E-state index contributed by atoms with van der Waals surface area (Å²) in [5.41, 5.74) is 7.32. The number of halogens is 1. The largest absolute Gasteiger partial charge is 0.493 e. The highest BCUT2D eigenvalue weighted by Crippen LogP contribution is 2.31. The number of aryl methyl sites for hydroxylation is 1. The van der Waals surface area contributed by atoms with Crippen LogP contribution in [0.15, 0.2) is 71.6 Å². The van der Waals surface area contributed by atoms with Crippen LogP contribution in [-0.2, 0) is 17.0 Å². The molecule has 0 atom stereocenters. The number of amides is 2. The van der Waals surface area contributed by atoms with E-state index in [-0.39, 0.29) is 18.2 Å². The van der Waals surface area contributed by atoms with Crippen molar-refractivity contribution in [1.29, 1.82) is 0 Å². The number of benzene rings is 3. The van der Waals surface area contributed by atoms with Gasteiger partial charge in [-0.2, -0.15) is 0 Å². The fourth-order valence-electron chi connectivity index (χ4n) is 3.11. The van der Waals surface area contributed by atoms with Crippen molar-refractivity contribution < 1.29 is 19.1 Å². The Labute approximate surface area is 202 Å². The molecule has 0 fully saturated rings. The Morgan fingerprint density at radius 1 is 0.909 bits per heavy atom. The number of thioether (sulfide) groups is 1. The molecule has 0 aliphatic heterocycles. The van der Waals surface area contributed by atoms with Gasteiger partial charge in [0.2, 0.25) is 5.91 Å². The second-order valence-corrected chi connectivity index (χ2v) is 8.58. The van der Waals surface area contributed by atoms with E-state index >= 15 is 0 Å². The summed E-state index contributed by atoms with van der Waals surface area (Å²) in [7, 11) is 3.12. The molecule has 3 aromatic rings. The molecule has 3 aromatic carbocycles. The minimum atomic E-state index is -0.376. The maximum absolute atomic E-state index is 12.3. The highest BCUT2D eigenvalue weighted by atomic mass is 35.5. The predicted octanol–water partition coefficient (Wildman–Crippen LogP) is 5.04. The lowest BCUT2D eigenvalue weighted by Crippen LogP contribution is -2.41. The molecule has 0 spiro atoms. The monoisotopic (exact) mass is 484 g/mol. The Hall–Kier alpha value is -3.16. The fourth-order valence-corrected chi connectivity index (χ4v) is 4.09. The second-order valence-electron chi connectivity index (χ2n) is 7.09. The Balaban J connectivity index is 1.45. The lowest BCUT2D eigenvalue weighted by Gasteiger charge is -2.12. The van der Waals surface area contributed by atoms with Crippen molar-refractivity contribution in [2.45, 2.75) is 23.5 Å². The van der Waals surface area contributed by atoms with Crippen LogP contribution in [0.4, 0.5) is 0 Å². The molecule has 0 aliphatic rings. The van der Waals surface area contributed by atoms with Crippen LogP contribution in [0.3, 0.4) is 0 Å². The van der Waals surface area contributed by atoms with E-state index in [1.165, 1.54) is 0 Å². The van der Waals surface area contributed by atoms with E-state index in [1.54, 1.807) is 44.2 Å². The number of carbonyl (C=O) groups is 2. The van der Waals surface area contributed by atoms with E-state index in [0.717, 1.165) is 21.8 Å². The number of rotatable bonds is 9. The second kappa shape index (κ2) is 12.2. The molecule has 8 heteroatoms. The minimum Gasteiger partial charge on any atom is -0.493 e. The van der Waals surface area contributed by atoms with Crippen LogP contribution in [0, 0.1) is 0 Å². The highest BCUT2D eigenvalue weighted by molar-refractivity contribution is 7.98. The number of hydrogen-bond acceptors (Lipinski definition) is 5. The van der Waals surface area contributed by atoms with Gasteiger partial charge in [-0.1, -0.05) is 35.9 Å². The number of para-hydroxylation sites is 1. The molecule has 2 amide bonds. The third-order valence-corrected chi connectivity index (χ3v) is 6.19. The third kappa shape index (κ3) is 7.17. The van der Waals surface area contributed by atoms with Gasteiger partial charge >= 0.3 is 0 Å². The van der Waals surface area contributed by atoms with Crippen molar-refractivity contribution in [2.75, 3.05) is 14.2 Å². The van der Waals surface area contributed by atoms with Gasteiger partial charge in [-0.05, 0) is 60.0 Å². The first kappa shape index (κ1) is 24.5. The Kier molecular flexibility index (Phi) is 9.04. The quantitative estimate of drug-likeness (QED) is 0.328. The van der Waals surface area contributed by atoms with Crippen molar-refractivity contribution in [3.05, 3.63) is 88.4 Å². The van der Waals surface area contributed by atoms with Crippen LogP contribution in [-0.4, -0.2) is 26.0 Å². The van der Waals surface area contributed by atoms with Crippen molar-refractivity contribution in [3.8, 4) is 11.5 Å². The van der Waals surface area contributed by atoms with Gasteiger partial charge in [0.15, 0.2) is 11.5 Å². The predicted molar refractivity (Wildman–Crippen MR) is 131 cm³/mol. The topological polar surface area (TPSA) is 76.7 Å². The lowest BCUT2D eigenvalue weighted by molar-refractivity contribution is -0.121. The molecule has 0 aliphatic carbocycles. The van der Waals surface area contributed by atoms with Crippen LogP contribution in [0.2, 0.25) is 5.02 Å². The number of hydrogen-bond donors (Lipinski definition) is 2. The van der Waals surface area contributed by atoms with Gasteiger partial charge in [-0.25, -0.2) is 0 Å². The summed E-state index contributed by atoms with van der Waals surface area (Å²) in [5, 5.41) is 0.710. The summed E-state index contributed by atoms with van der Waals surface area (Å²) < 4.78 is 10.7. The molecule has 0 saturated heterocycles. The minimum absolute atomic E-state index is 0.185. The van der Waals surface area contributed by atoms with Gasteiger partial charge in [0.05, 0.1) is 14.2 Å². The molecular weight excluding hydrogens is 460 g/mol. The standard InChI is InChI=1S/C25H25ClN2O4S/c1-31-22-5-3-4-18(24(22)32-2)10-15-23(29)27-28-25(30)19-8-6-17(7-9-19)16-33-21-13-11-20(26)12-14-21/h3-9,11-14H,10,15-16H2,1-2H3,(H,27,29)(H,28,30). The van der Waals surface area contributed by atoms with E-state index in [9.17, 15) is 9.59 Å². The first-order chi connectivity index (χ1) is 16.0. The summed E-state index contributed by atoms with van der Waals surface area (Å²) >= 11 is 7.59. The Morgan fingerprint density at radius 2 is 1.64 bits per heavy atom. The molecule has 2 N–H and O–H groups in total. The smallest absolute Gasteiger partial charge is 0.269 e. The maximum Gasteiger partial charge on any atom is 0.269 e. The average Bonchev–Trinajstić information content (AvgIpc) is 2.85. The molecular formula is C25H25ClN2O4S. The van der Waals surface area contributed by atoms with Gasteiger partial charge in [-0.15, -0.1) is 11.8 Å². The van der Waals surface area contributed by atoms with E-state index in [2.05, 4.69) is 10.9 Å². The average molecular weight is 485 g/mol. The van der Waals surface area contributed by atoms with Gasteiger partial charge < -0.3 is 9.47 Å². The Morgan fingerprint density at radius 3 is 2.30 bits per heavy atom. The fraction of sp³-hybridized carbons (Fsp3) is 0.200. The van der Waals surface area contributed by atoms with Crippen LogP contribution < -0.4 is 20.3 Å². The summed E-state index contributed by atoms with van der Waals surface area (Å²) in [6.07, 6.45) is 0.632. The third-order valence-electron chi connectivity index (χ3n) is 4.86. The summed E-state index contributed by atoms with van der Waals surface area (Å²) in [4.78, 5) is 25.7.